The van der Waals surface area contributed by atoms with Crippen LogP contribution in [0.25, 0.3) is 0 Å². The summed E-state index contributed by atoms with van der Waals surface area (Å²) < 4.78 is 35.9. The first-order valence-electron chi connectivity index (χ1n) is 14.3. The summed E-state index contributed by atoms with van der Waals surface area (Å²) in [6.07, 6.45) is 4.03. The van der Waals surface area contributed by atoms with Crippen LogP contribution >= 0.6 is 0 Å². The normalized spacial score (nSPS) is 55.8. The zero-order valence-corrected chi connectivity index (χ0v) is 22.3. The average Bonchev–Trinajstić information content (AvgIpc) is 3.60. The molecule has 3 saturated heterocycles. The molecule has 10 heteroatoms. The van der Waals surface area contributed by atoms with Gasteiger partial charge < -0.3 is 38.6 Å². The van der Waals surface area contributed by atoms with Gasteiger partial charge in [-0.15, -0.1) is 0 Å². The van der Waals surface area contributed by atoms with Crippen molar-refractivity contribution in [2.24, 2.45) is 28.6 Å². The van der Waals surface area contributed by atoms with Crippen LogP contribution in [-0.2, 0) is 38.0 Å². The number of esters is 1. The Morgan fingerprint density at radius 2 is 1.95 bits per heavy atom. The number of hydrogen-bond acceptors (Lipinski definition) is 10. The van der Waals surface area contributed by atoms with Crippen molar-refractivity contribution in [2.75, 3.05) is 20.0 Å². The summed E-state index contributed by atoms with van der Waals surface area (Å²) in [5.74, 6) is -2.97. The molecule has 0 amide bonds. The highest BCUT2D eigenvalue weighted by molar-refractivity contribution is 5.90. The van der Waals surface area contributed by atoms with Gasteiger partial charge in [-0.25, -0.2) is 4.79 Å². The molecule has 39 heavy (non-hydrogen) atoms. The second-order valence-electron chi connectivity index (χ2n) is 13.3. The van der Waals surface area contributed by atoms with Crippen molar-refractivity contribution >= 4 is 11.8 Å². The first-order chi connectivity index (χ1) is 18.6. The molecule has 3 saturated carbocycles. The van der Waals surface area contributed by atoms with Crippen molar-refractivity contribution in [1.82, 2.24) is 0 Å². The van der Waals surface area contributed by atoms with Crippen LogP contribution in [0.1, 0.15) is 52.4 Å². The molecule has 10 nitrogen and oxygen atoms in total. The van der Waals surface area contributed by atoms with Gasteiger partial charge in [-0.3, -0.25) is 4.79 Å². The lowest BCUT2D eigenvalue weighted by molar-refractivity contribution is -0.421. The van der Waals surface area contributed by atoms with E-state index in [1.54, 1.807) is 0 Å². The number of allylic oxidation sites excluding steroid dienone is 1. The van der Waals surface area contributed by atoms with E-state index in [1.807, 2.05) is 6.92 Å². The number of ketones is 1. The molecule has 4 heterocycles. The summed E-state index contributed by atoms with van der Waals surface area (Å²) in [5, 5.41) is 24.2. The molecular formula is C29H36O10. The van der Waals surface area contributed by atoms with Gasteiger partial charge >= 0.3 is 5.97 Å². The number of aliphatic hydroxyl groups excluding tert-OH is 1. The monoisotopic (exact) mass is 544 g/mol. The number of fused-ring (bicyclic) bond motifs is 6. The molecule has 0 aromatic rings. The molecular weight excluding hydrogens is 508 g/mol. The number of aliphatic hydroxyl groups is 2. The van der Waals surface area contributed by atoms with Crippen molar-refractivity contribution in [3.63, 3.8) is 0 Å². The third-order valence-corrected chi connectivity index (χ3v) is 11.9. The van der Waals surface area contributed by atoms with E-state index in [4.69, 9.17) is 28.4 Å². The smallest absolute Gasteiger partial charge is 0.331 e. The Kier molecular flexibility index (Phi) is 5.14. The zero-order valence-electron chi connectivity index (χ0n) is 22.3. The fourth-order valence-corrected chi connectivity index (χ4v) is 9.91. The van der Waals surface area contributed by atoms with E-state index in [2.05, 4.69) is 13.0 Å². The third kappa shape index (κ3) is 2.96. The maximum atomic E-state index is 14.3. The maximum absolute atomic E-state index is 14.3. The Balaban J connectivity index is 1.16. The van der Waals surface area contributed by atoms with Gasteiger partial charge in [0.05, 0.1) is 18.3 Å². The first kappa shape index (κ1) is 25.1. The molecule has 8 aliphatic rings. The van der Waals surface area contributed by atoms with E-state index in [1.165, 1.54) is 6.08 Å². The quantitative estimate of drug-likeness (QED) is 0.370. The molecule has 6 fully saturated rings. The van der Waals surface area contributed by atoms with Crippen LogP contribution in [0.4, 0.5) is 0 Å². The minimum Gasteiger partial charge on any atom is -0.458 e. The first-order valence-corrected chi connectivity index (χ1v) is 14.3. The summed E-state index contributed by atoms with van der Waals surface area (Å²) >= 11 is 0. The van der Waals surface area contributed by atoms with Crippen molar-refractivity contribution in [3.05, 3.63) is 23.3 Å². The predicted molar refractivity (Wildman–Crippen MR) is 131 cm³/mol. The Hall–Kier alpha value is -1.66. The maximum Gasteiger partial charge on any atom is 0.331 e. The second kappa shape index (κ2) is 8.00. The summed E-state index contributed by atoms with van der Waals surface area (Å²) in [7, 11) is 0. The predicted octanol–water partition coefficient (Wildman–Crippen LogP) is 1.52. The molecule has 12 unspecified atom stereocenters. The Bertz CT molecular complexity index is 1200. The van der Waals surface area contributed by atoms with E-state index in [9.17, 15) is 19.8 Å². The highest BCUT2D eigenvalue weighted by atomic mass is 16.9. The molecule has 12 atom stereocenters. The number of carbonyl (C=O) groups excluding carboxylic acids is 2. The number of hydrogen-bond donors (Lipinski definition) is 2. The van der Waals surface area contributed by atoms with Crippen LogP contribution in [-0.4, -0.2) is 84.1 Å². The second-order valence-corrected chi connectivity index (χ2v) is 13.3. The molecule has 0 bridgehead atoms. The standard InChI is InChI=1S/C29H36O10/c1-26-11-19-18(38-25-29(39-19)20(6-8-34-25)36-13-37-29)10-15(26)3-4-17-22(26)23(31)24(32)27(2)16(5-7-28(17,27)33)14-9-21(30)35-12-14/h9-10,16-20,22,24-25,32-33H,3-8,11-13H2,1-2H3. The molecule has 0 aromatic heterocycles. The van der Waals surface area contributed by atoms with Gasteiger partial charge in [0, 0.05) is 29.2 Å². The Labute approximate surface area is 226 Å². The highest BCUT2D eigenvalue weighted by Gasteiger charge is 2.74. The van der Waals surface area contributed by atoms with Crippen molar-refractivity contribution in [3.8, 4) is 0 Å². The van der Waals surface area contributed by atoms with Crippen LogP contribution in [0.15, 0.2) is 23.3 Å². The van der Waals surface area contributed by atoms with Gasteiger partial charge in [0.25, 0.3) is 0 Å². The highest BCUT2D eigenvalue weighted by Crippen LogP contribution is 2.69. The van der Waals surface area contributed by atoms with Gasteiger partial charge in [-0.05, 0) is 49.5 Å². The molecule has 8 rings (SSSR count). The zero-order chi connectivity index (χ0) is 26.9. The molecule has 1 spiro atoms. The minimum atomic E-state index is -1.36. The summed E-state index contributed by atoms with van der Waals surface area (Å²) in [6, 6.07) is 0. The van der Waals surface area contributed by atoms with E-state index in [0.29, 0.717) is 38.7 Å². The largest absolute Gasteiger partial charge is 0.458 e. The van der Waals surface area contributed by atoms with Crippen molar-refractivity contribution in [1.29, 1.82) is 0 Å². The van der Waals surface area contributed by atoms with Gasteiger partial charge in [-0.2, -0.15) is 0 Å². The average molecular weight is 545 g/mol. The van der Waals surface area contributed by atoms with Crippen LogP contribution < -0.4 is 0 Å². The fourth-order valence-electron chi connectivity index (χ4n) is 9.91. The van der Waals surface area contributed by atoms with Crippen LogP contribution in [0.3, 0.4) is 0 Å². The summed E-state index contributed by atoms with van der Waals surface area (Å²) in [4.78, 5) is 26.1. The molecule has 2 N–H and O–H groups in total. The lowest BCUT2D eigenvalue weighted by Gasteiger charge is -2.63. The topological polar surface area (TPSA) is 130 Å². The fraction of sp³-hybridized carbons (Fsp3) is 0.793. The van der Waals surface area contributed by atoms with Crippen molar-refractivity contribution in [2.45, 2.75) is 94.5 Å². The van der Waals surface area contributed by atoms with E-state index in [-0.39, 0.29) is 43.2 Å². The number of ether oxygens (including phenoxy) is 6. The number of rotatable bonds is 1. The van der Waals surface area contributed by atoms with Gasteiger partial charge in [-0.1, -0.05) is 25.5 Å². The molecule has 0 aromatic carbocycles. The summed E-state index contributed by atoms with van der Waals surface area (Å²) in [6.45, 7) is 4.67. The Morgan fingerprint density at radius 3 is 2.74 bits per heavy atom. The molecule has 0 radical (unpaired) electrons. The van der Waals surface area contributed by atoms with E-state index < -0.39 is 52.6 Å². The molecule has 4 aliphatic heterocycles. The minimum absolute atomic E-state index is 0.110. The van der Waals surface area contributed by atoms with E-state index in [0.717, 1.165) is 17.6 Å². The third-order valence-electron chi connectivity index (χ3n) is 11.9. The van der Waals surface area contributed by atoms with Crippen LogP contribution in [0.5, 0.6) is 0 Å². The van der Waals surface area contributed by atoms with E-state index >= 15 is 0 Å². The SMILES string of the molecule is CC12CC3OC45OCOC4CCOC5OC3C=C1CCC1C2C(=O)C(O)C2(C)C(C3=CC(=O)OC3)CCC12O. The lowest BCUT2D eigenvalue weighted by atomic mass is 9.43. The Morgan fingerprint density at radius 1 is 1.10 bits per heavy atom. The number of cyclic esters (lactones) is 1. The van der Waals surface area contributed by atoms with Crippen LogP contribution in [0, 0.1) is 28.6 Å². The van der Waals surface area contributed by atoms with Crippen LogP contribution in [0.2, 0.25) is 0 Å². The van der Waals surface area contributed by atoms with Gasteiger partial charge in [0.15, 0.2) is 12.6 Å². The van der Waals surface area contributed by atoms with Gasteiger partial charge in [0.2, 0.25) is 12.1 Å². The molecule has 4 aliphatic carbocycles. The van der Waals surface area contributed by atoms with Gasteiger partial charge in [0.1, 0.15) is 24.9 Å². The molecule has 212 valence electrons. The number of carbonyl (C=O) groups is 2. The number of Topliss-reactive ketones (excluding diaryl/α,β-unsaturated/α-hetero) is 1. The lowest BCUT2D eigenvalue weighted by Crippen LogP contribution is -2.71. The summed E-state index contributed by atoms with van der Waals surface area (Å²) in [5.41, 5.74) is -1.11. The van der Waals surface area contributed by atoms with Crippen molar-refractivity contribution < 1.29 is 48.2 Å².